The summed E-state index contributed by atoms with van der Waals surface area (Å²) in [7, 11) is 0. The molecule has 0 unspecified atom stereocenters. The number of rotatable bonds is 4. The van der Waals surface area contributed by atoms with Crippen LogP contribution in [0, 0.1) is 5.82 Å². The number of amides is 1. The maximum atomic E-state index is 13.6. The van der Waals surface area contributed by atoms with Gasteiger partial charge in [-0.25, -0.2) is 9.37 Å². The predicted octanol–water partition coefficient (Wildman–Crippen LogP) is 5.28. The van der Waals surface area contributed by atoms with Crippen molar-refractivity contribution in [3.8, 4) is 0 Å². The first-order chi connectivity index (χ1) is 14.5. The third kappa shape index (κ3) is 2.92. The summed E-state index contributed by atoms with van der Waals surface area (Å²) in [6, 6.07) is 15.8. The molecule has 2 aromatic heterocycles. The van der Waals surface area contributed by atoms with Crippen molar-refractivity contribution >= 4 is 49.7 Å². The molecule has 0 fully saturated rings. The van der Waals surface area contributed by atoms with Crippen molar-refractivity contribution in [2.45, 2.75) is 6.04 Å². The summed E-state index contributed by atoms with van der Waals surface area (Å²) in [5, 5.41) is 12.7. The largest absolute Gasteiger partial charge is 0.503 e. The molecule has 1 N–H and O–H groups in total. The Labute approximate surface area is 178 Å². The summed E-state index contributed by atoms with van der Waals surface area (Å²) in [5.41, 5.74) is 1.22. The van der Waals surface area contributed by atoms with Gasteiger partial charge in [0, 0.05) is 0 Å². The first-order valence-corrected chi connectivity index (χ1v) is 10.7. The fourth-order valence-corrected chi connectivity index (χ4v) is 5.21. The van der Waals surface area contributed by atoms with E-state index in [9.17, 15) is 19.1 Å². The summed E-state index contributed by atoms with van der Waals surface area (Å²) >= 11 is 2.37. The summed E-state index contributed by atoms with van der Waals surface area (Å²) in [6.45, 7) is 0. The number of anilines is 1. The van der Waals surface area contributed by atoms with Gasteiger partial charge in [-0.3, -0.25) is 14.5 Å². The van der Waals surface area contributed by atoms with Crippen molar-refractivity contribution < 1.29 is 19.1 Å². The first kappa shape index (κ1) is 18.7. The minimum atomic E-state index is -0.835. The molecule has 0 bridgehead atoms. The standard InChI is InChI=1S/C22H13FN2O3S2/c23-13-8-9-14-16(11-13)30-22(24-14)25-18(12-5-2-1-3-6-12)17(20(27)21(25)28)19(26)15-7-4-10-29-15/h1-11,18,27H/t18-/m0/s1. The average Bonchev–Trinajstić information content (AvgIpc) is 3.47. The first-order valence-electron chi connectivity index (χ1n) is 9.00. The molecule has 1 aliphatic heterocycles. The third-order valence-electron chi connectivity index (χ3n) is 4.86. The highest BCUT2D eigenvalue weighted by Gasteiger charge is 2.46. The van der Waals surface area contributed by atoms with Gasteiger partial charge in [0.25, 0.3) is 5.91 Å². The molecule has 0 aliphatic carbocycles. The SMILES string of the molecule is O=C(C1=C(O)C(=O)N(c2nc3ccc(F)cc3s2)[C@H]1c1ccccc1)c1cccs1. The molecular weight excluding hydrogens is 423 g/mol. The molecule has 0 radical (unpaired) electrons. The van der Waals surface area contributed by atoms with Crippen molar-refractivity contribution in [3.63, 3.8) is 0 Å². The number of fused-ring (bicyclic) bond motifs is 1. The van der Waals surface area contributed by atoms with E-state index in [1.54, 1.807) is 41.8 Å². The number of thiazole rings is 1. The topological polar surface area (TPSA) is 70.5 Å². The molecule has 0 spiro atoms. The van der Waals surface area contributed by atoms with Gasteiger partial charge in [0.1, 0.15) is 5.82 Å². The lowest BCUT2D eigenvalue weighted by Crippen LogP contribution is -2.30. The molecule has 0 saturated carbocycles. The Bertz CT molecular complexity index is 1310. The van der Waals surface area contributed by atoms with Crippen LogP contribution in [0.2, 0.25) is 0 Å². The van der Waals surface area contributed by atoms with Gasteiger partial charge in [-0.15, -0.1) is 11.3 Å². The van der Waals surface area contributed by atoms with Crippen LogP contribution in [0.5, 0.6) is 0 Å². The molecule has 3 heterocycles. The highest BCUT2D eigenvalue weighted by Crippen LogP contribution is 2.44. The van der Waals surface area contributed by atoms with Gasteiger partial charge in [0.2, 0.25) is 5.78 Å². The molecule has 1 atom stereocenters. The van der Waals surface area contributed by atoms with Gasteiger partial charge in [0.15, 0.2) is 10.9 Å². The van der Waals surface area contributed by atoms with E-state index >= 15 is 0 Å². The molecule has 148 valence electrons. The number of thiophene rings is 1. The maximum absolute atomic E-state index is 13.6. The van der Waals surface area contributed by atoms with Crippen LogP contribution < -0.4 is 4.90 Å². The molecule has 5 rings (SSSR count). The number of hydrogen-bond acceptors (Lipinski definition) is 6. The lowest BCUT2D eigenvalue weighted by molar-refractivity contribution is -0.117. The summed E-state index contributed by atoms with van der Waals surface area (Å²) in [6.07, 6.45) is 0. The van der Waals surface area contributed by atoms with Crippen LogP contribution in [0.4, 0.5) is 9.52 Å². The van der Waals surface area contributed by atoms with E-state index in [-0.39, 0.29) is 10.7 Å². The van der Waals surface area contributed by atoms with Crippen LogP contribution in [-0.2, 0) is 4.79 Å². The van der Waals surface area contributed by atoms with Crippen LogP contribution in [-0.4, -0.2) is 21.8 Å². The van der Waals surface area contributed by atoms with Crippen molar-refractivity contribution in [2.24, 2.45) is 0 Å². The molecule has 1 aliphatic rings. The van der Waals surface area contributed by atoms with E-state index in [4.69, 9.17) is 0 Å². The van der Waals surface area contributed by atoms with Crippen LogP contribution in [0.3, 0.4) is 0 Å². The number of halogens is 1. The minimum absolute atomic E-state index is 0.0130. The number of aliphatic hydroxyl groups excluding tert-OH is 1. The normalized spacial score (nSPS) is 16.6. The number of ketones is 1. The van der Waals surface area contributed by atoms with E-state index in [1.807, 2.05) is 6.07 Å². The number of hydrogen-bond donors (Lipinski definition) is 1. The highest BCUT2D eigenvalue weighted by atomic mass is 32.1. The molecule has 5 nitrogen and oxygen atoms in total. The number of nitrogens with zero attached hydrogens (tertiary/aromatic N) is 2. The zero-order valence-electron chi connectivity index (χ0n) is 15.3. The lowest BCUT2D eigenvalue weighted by atomic mass is 9.96. The van der Waals surface area contributed by atoms with E-state index in [1.165, 1.54) is 34.4 Å². The zero-order valence-corrected chi connectivity index (χ0v) is 16.9. The van der Waals surface area contributed by atoms with Gasteiger partial charge in [-0.05, 0) is 35.2 Å². The molecule has 30 heavy (non-hydrogen) atoms. The van der Waals surface area contributed by atoms with E-state index < -0.39 is 29.3 Å². The molecule has 0 saturated heterocycles. The quantitative estimate of drug-likeness (QED) is 0.442. The van der Waals surface area contributed by atoms with Gasteiger partial charge in [0.05, 0.1) is 26.7 Å². The fraction of sp³-hybridized carbons (Fsp3) is 0.0455. The second-order valence-electron chi connectivity index (χ2n) is 6.67. The van der Waals surface area contributed by atoms with E-state index in [0.717, 1.165) is 11.3 Å². The van der Waals surface area contributed by atoms with E-state index in [0.29, 0.717) is 20.7 Å². The molecule has 2 aromatic carbocycles. The monoisotopic (exact) mass is 436 g/mol. The summed E-state index contributed by atoms with van der Waals surface area (Å²) < 4.78 is 14.2. The molecular formula is C22H13FN2O3S2. The Hall–Kier alpha value is -3.36. The Morgan fingerprint density at radius 2 is 1.90 bits per heavy atom. The molecule has 4 aromatic rings. The summed E-state index contributed by atoms with van der Waals surface area (Å²) in [5.74, 6) is -2.10. The van der Waals surface area contributed by atoms with Crippen LogP contribution in [0.1, 0.15) is 21.3 Å². The third-order valence-corrected chi connectivity index (χ3v) is 6.74. The second-order valence-corrected chi connectivity index (χ2v) is 8.62. The van der Waals surface area contributed by atoms with Crippen LogP contribution in [0.25, 0.3) is 10.2 Å². The van der Waals surface area contributed by atoms with Crippen molar-refractivity contribution in [2.75, 3.05) is 4.90 Å². The smallest absolute Gasteiger partial charge is 0.296 e. The van der Waals surface area contributed by atoms with Crippen molar-refractivity contribution in [1.29, 1.82) is 0 Å². The zero-order chi connectivity index (χ0) is 20.8. The Morgan fingerprint density at radius 3 is 2.63 bits per heavy atom. The van der Waals surface area contributed by atoms with Gasteiger partial charge in [-0.1, -0.05) is 47.7 Å². The second kappa shape index (κ2) is 7.16. The average molecular weight is 436 g/mol. The number of carbonyl (C=O) groups is 2. The highest BCUT2D eigenvalue weighted by molar-refractivity contribution is 7.22. The molecule has 8 heteroatoms. The fourth-order valence-electron chi connectivity index (χ4n) is 3.52. The van der Waals surface area contributed by atoms with Crippen molar-refractivity contribution in [1.82, 2.24) is 4.98 Å². The number of aromatic nitrogens is 1. The van der Waals surface area contributed by atoms with Crippen LogP contribution >= 0.6 is 22.7 Å². The number of benzene rings is 2. The Morgan fingerprint density at radius 1 is 1.10 bits per heavy atom. The number of carbonyl (C=O) groups excluding carboxylic acids is 2. The number of aliphatic hydroxyl groups is 1. The lowest BCUT2D eigenvalue weighted by Gasteiger charge is -2.24. The van der Waals surface area contributed by atoms with Crippen LogP contribution in [0.15, 0.2) is 77.4 Å². The van der Waals surface area contributed by atoms with Gasteiger partial charge in [-0.2, -0.15) is 0 Å². The van der Waals surface area contributed by atoms with Gasteiger partial charge >= 0.3 is 0 Å². The Balaban J connectivity index is 1.68. The Kier molecular flexibility index (Phi) is 4.45. The summed E-state index contributed by atoms with van der Waals surface area (Å²) in [4.78, 5) is 32.5. The maximum Gasteiger partial charge on any atom is 0.296 e. The molecule has 1 amide bonds. The number of Topliss-reactive ketones (excluding diaryl/α,β-unsaturated/α-hetero) is 1. The van der Waals surface area contributed by atoms with E-state index in [2.05, 4.69) is 4.98 Å². The minimum Gasteiger partial charge on any atom is -0.503 e. The predicted molar refractivity (Wildman–Crippen MR) is 115 cm³/mol. The van der Waals surface area contributed by atoms with Gasteiger partial charge < -0.3 is 5.11 Å². The van der Waals surface area contributed by atoms with Crippen molar-refractivity contribution in [3.05, 3.63) is 93.6 Å².